The molecule has 0 rings (SSSR count). The predicted octanol–water partition coefficient (Wildman–Crippen LogP) is 2.80. The number of allylic oxidation sites excluding steroid dienone is 2. The highest BCUT2D eigenvalue weighted by atomic mass is 16.5. The molecule has 0 amide bonds. The Kier molecular flexibility index (Phi) is 6.44. The van der Waals surface area contributed by atoms with Crippen LogP contribution in [-0.2, 0) is 4.74 Å². The third-order valence-corrected chi connectivity index (χ3v) is 1.69. The van der Waals surface area contributed by atoms with Gasteiger partial charge in [0.15, 0.2) is 0 Å². The molecular weight excluding hydrogens is 150 g/mol. The van der Waals surface area contributed by atoms with Crippen molar-refractivity contribution in [2.24, 2.45) is 4.99 Å². The molecule has 2 heteroatoms. The van der Waals surface area contributed by atoms with Crippen LogP contribution in [0.4, 0.5) is 0 Å². The number of hydrogen-bond acceptors (Lipinski definition) is 2. The van der Waals surface area contributed by atoms with Gasteiger partial charge in [0.05, 0.1) is 12.4 Å². The van der Waals surface area contributed by atoms with Gasteiger partial charge >= 0.3 is 0 Å². The lowest BCUT2D eigenvalue weighted by atomic mass is 10.3. The summed E-state index contributed by atoms with van der Waals surface area (Å²) >= 11 is 0. The molecule has 0 atom stereocenters. The highest BCUT2D eigenvalue weighted by Crippen LogP contribution is 2.03. The number of hydrogen-bond donors (Lipinski definition) is 0. The fraction of sp³-hybridized carbons (Fsp3) is 0.700. The lowest BCUT2D eigenvalue weighted by molar-refractivity contribution is 0.207. The largest absolute Gasteiger partial charge is 0.498 e. The van der Waals surface area contributed by atoms with Crippen molar-refractivity contribution >= 4 is 6.21 Å². The Labute approximate surface area is 75.3 Å². The zero-order chi connectivity index (χ0) is 9.40. The minimum atomic E-state index is 0.817. The molecule has 0 bridgehead atoms. The SMILES string of the molecule is CCCCO/C(C)=C(\C)C=NC. The summed E-state index contributed by atoms with van der Waals surface area (Å²) in [6, 6.07) is 0. The van der Waals surface area contributed by atoms with E-state index in [1.165, 1.54) is 6.42 Å². The van der Waals surface area contributed by atoms with E-state index in [9.17, 15) is 0 Å². The fourth-order valence-electron chi connectivity index (χ4n) is 0.768. The van der Waals surface area contributed by atoms with Gasteiger partial charge in [-0.2, -0.15) is 0 Å². The van der Waals surface area contributed by atoms with Gasteiger partial charge in [-0.1, -0.05) is 13.3 Å². The first-order valence-electron chi connectivity index (χ1n) is 4.44. The van der Waals surface area contributed by atoms with Crippen LogP contribution in [0, 0.1) is 0 Å². The lowest BCUT2D eigenvalue weighted by Crippen LogP contribution is -1.95. The Bertz CT molecular complexity index is 171. The normalized spacial score (nSPS) is 13.3. The summed E-state index contributed by atoms with van der Waals surface area (Å²) in [6.45, 7) is 6.96. The van der Waals surface area contributed by atoms with Crippen LogP contribution in [0.3, 0.4) is 0 Å². The van der Waals surface area contributed by atoms with Crippen LogP contribution in [0.5, 0.6) is 0 Å². The van der Waals surface area contributed by atoms with E-state index in [0.29, 0.717) is 0 Å². The van der Waals surface area contributed by atoms with E-state index in [4.69, 9.17) is 4.74 Å². The quantitative estimate of drug-likeness (QED) is 0.352. The molecule has 0 aliphatic rings. The first-order valence-corrected chi connectivity index (χ1v) is 4.44. The van der Waals surface area contributed by atoms with Crippen molar-refractivity contribution in [3.05, 3.63) is 11.3 Å². The van der Waals surface area contributed by atoms with E-state index < -0.39 is 0 Å². The second kappa shape index (κ2) is 6.89. The van der Waals surface area contributed by atoms with Gasteiger partial charge in [-0.25, -0.2) is 0 Å². The summed E-state index contributed by atoms with van der Waals surface area (Å²) < 4.78 is 5.49. The average Bonchev–Trinajstić information content (AvgIpc) is 2.05. The Balaban J connectivity index is 3.82. The Morgan fingerprint density at radius 2 is 2.08 bits per heavy atom. The van der Waals surface area contributed by atoms with E-state index in [0.717, 1.165) is 24.4 Å². The second-order valence-electron chi connectivity index (χ2n) is 2.83. The molecule has 2 nitrogen and oxygen atoms in total. The molecular formula is C10H19NO. The number of aliphatic imine (C=N–C) groups is 1. The Morgan fingerprint density at radius 1 is 1.42 bits per heavy atom. The summed E-state index contributed by atoms with van der Waals surface area (Å²) in [7, 11) is 1.77. The van der Waals surface area contributed by atoms with Gasteiger partial charge < -0.3 is 4.74 Å². The van der Waals surface area contributed by atoms with Crippen molar-refractivity contribution in [3.8, 4) is 0 Å². The topological polar surface area (TPSA) is 21.6 Å². The molecule has 0 aromatic carbocycles. The van der Waals surface area contributed by atoms with Crippen molar-refractivity contribution in [2.75, 3.05) is 13.7 Å². The molecule has 0 aliphatic carbocycles. The first kappa shape index (κ1) is 11.2. The van der Waals surface area contributed by atoms with E-state index in [2.05, 4.69) is 11.9 Å². The monoisotopic (exact) mass is 169 g/mol. The average molecular weight is 169 g/mol. The van der Waals surface area contributed by atoms with Crippen LogP contribution >= 0.6 is 0 Å². The number of rotatable bonds is 5. The van der Waals surface area contributed by atoms with Gasteiger partial charge in [0, 0.05) is 18.8 Å². The molecule has 0 aromatic rings. The van der Waals surface area contributed by atoms with Gasteiger partial charge in [0.25, 0.3) is 0 Å². The lowest BCUT2D eigenvalue weighted by Gasteiger charge is -2.06. The maximum atomic E-state index is 5.49. The van der Waals surface area contributed by atoms with Gasteiger partial charge in [-0.15, -0.1) is 0 Å². The van der Waals surface area contributed by atoms with Crippen LogP contribution in [-0.4, -0.2) is 19.9 Å². The van der Waals surface area contributed by atoms with Gasteiger partial charge in [0.2, 0.25) is 0 Å². The molecule has 0 radical (unpaired) electrons. The summed E-state index contributed by atoms with van der Waals surface area (Å²) in [5.41, 5.74) is 1.11. The van der Waals surface area contributed by atoms with Crippen molar-refractivity contribution < 1.29 is 4.74 Å². The van der Waals surface area contributed by atoms with Crippen molar-refractivity contribution in [1.29, 1.82) is 0 Å². The summed E-state index contributed by atoms with van der Waals surface area (Å²) in [5, 5.41) is 0. The molecule has 70 valence electrons. The van der Waals surface area contributed by atoms with E-state index in [-0.39, 0.29) is 0 Å². The number of unbranched alkanes of at least 4 members (excludes halogenated alkanes) is 1. The van der Waals surface area contributed by atoms with Gasteiger partial charge in [-0.05, 0) is 20.3 Å². The Hall–Kier alpha value is -0.790. The molecule has 0 aliphatic heterocycles. The van der Waals surface area contributed by atoms with Crippen molar-refractivity contribution in [2.45, 2.75) is 33.6 Å². The van der Waals surface area contributed by atoms with Crippen molar-refractivity contribution in [1.82, 2.24) is 0 Å². The van der Waals surface area contributed by atoms with Crippen LogP contribution in [0.15, 0.2) is 16.3 Å². The first-order chi connectivity index (χ1) is 5.72. The third-order valence-electron chi connectivity index (χ3n) is 1.69. The maximum absolute atomic E-state index is 5.49. The summed E-state index contributed by atoms with van der Waals surface area (Å²) in [4.78, 5) is 3.92. The zero-order valence-corrected chi connectivity index (χ0v) is 8.55. The van der Waals surface area contributed by atoms with Gasteiger partial charge in [-0.3, -0.25) is 4.99 Å². The molecule has 0 heterocycles. The maximum Gasteiger partial charge on any atom is 0.0973 e. The smallest absolute Gasteiger partial charge is 0.0973 e. The standard InChI is InChI=1S/C10H19NO/c1-5-6-7-12-10(3)9(2)8-11-4/h8H,5-7H2,1-4H3/b10-9+,11-8?. The highest BCUT2D eigenvalue weighted by Gasteiger charge is 1.93. The molecule has 0 aromatic heterocycles. The molecule has 0 unspecified atom stereocenters. The molecule has 0 saturated heterocycles. The van der Waals surface area contributed by atoms with E-state index in [1.54, 1.807) is 7.05 Å². The zero-order valence-electron chi connectivity index (χ0n) is 8.55. The number of ether oxygens (including phenoxy) is 1. The minimum Gasteiger partial charge on any atom is -0.498 e. The molecule has 12 heavy (non-hydrogen) atoms. The van der Waals surface area contributed by atoms with Crippen molar-refractivity contribution in [3.63, 3.8) is 0 Å². The molecule has 0 N–H and O–H groups in total. The van der Waals surface area contributed by atoms with Gasteiger partial charge in [0.1, 0.15) is 0 Å². The summed E-state index contributed by atoms with van der Waals surface area (Å²) in [5.74, 6) is 0.981. The molecule has 0 spiro atoms. The Morgan fingerprint density at radius 3 is 2.58 bits per heavy atom. The number of nitrogens with zero attached hydrogens (tertiary/aromatic N) is 1. The second-order valence-corrected chi connectivity index (χ2v) is 2.83. The molecule has 0 saturated carbocycles. The minimum absolute atomic E-state index is 0.817. The fourth-order valence-corrected chi connectivity index (χ4v) is 0.768. The van der Waals surface area contributed by atoms with E-state index >= 15 is 0 Å². The van der Waals surface area contributed by atoms with E-state index in [1.807, 2.05) is 20.1 Å². The predicted molar refractivity (Wildman–Crippen MR) is 53.7 cm³/mol. The highest BCUT2D eigenvalue weighted by molar-refractivity contribution is 5.78. The third kappa shape index (κ3) is 4.94. The van der Waals surface area contributed by atoms with Crippen LogP contribution in [0.2, 0.25) is 0 Å². The van der Waals surface area contributed by atoms with Crippen LogP contribution in [0.25, 0.3) is 0 Å². The van der Waals surface area contributed by atoms with Crippen LogP contribution in [0.1, 0.15) is 33.6 Å². The summed E-state index contributed by atoms with van der Waals surface area (Å²) in [6.07, 6.45) is 4.11. The molecule has 0 fully saturated rings. The van der Waals surface area contributed by atoms with Crippen LogP contribution < -0.4 is 0 Å².